The van der Waals surface area contributed by atoms with Gasteiger partial charge in [-0.3, -0.25) is 4.79 Å². The second-order valence-corrected chi connectivity index (χ2v) is 5.29. The van der Waals surface area contributed by atoms with E-state index in [9.17, 15) is 4.79 Å². The highest BCUT2D eigenvalue weighted by Crippen LogP contribution is 2.24. The van der Waals surface area contributed by atoms with Crippen molar-refractivity contribution >= 4 is 5.91 Å². The average Bonchev–Trinajstić information content (AvgIpc) is 2.39. The van der Waals surface area contributed by atoms with Crippen LogP contribution in [0.4, 0.5) is 0 Å². The van der Waals surface area contributed by atoms with Gasteiger partial charge in [-0.1, -0.05) is 37.3 Å². The Kier molecular flexibility index (Phi) is 4.91. The van der Waals surface area contributed by atoms with Crippen LogP contribution in [0.1, 0.15) is 38.7 Å². The minimum Gasteiger partial charge on any atom is -0.339 e. The molecule has 0 radical (unpaired) electrons. The number of nitrogens with two attached hydrogens (primary N) is 1. The molecule has 1 rings (SSSR count). The number of hydrogen-bond acceptors (Lipinski definition) is 2. The molecule has 1 aromatic carbocycles. The molecule has 3 heteroatoms. The lowest BCUT2D eigenvalue weighted by molar-refractivity contribution is -0.136. The monoisotopic (exact) mass is 248 g/mol. The smallest absolute Gasteiger partial charge is 0.230 e. The van der Waals surface area contributed by atoms with Gasteiger partial charge in [0.05, 0.1) is 5.92 Å². The maximum Gasteiger partial charge on any atom is 0.230 e. The highest BCUT2D eigenvalue weighted by molar-refractivity contribution is 5.84. The van der Waals surface area contributed by atoms with Crippen LogP contribution in [-0.4, -0.2) is 29.9 Å². The Morgan fingerprint density at radius 1 is 1.33 bits per heavy atom. The molecule has 1 atom stereocenters. The predicted molar refractivity (Wildman–Crippen MR) is 75.4 cm³/mol. The largest absolute Gasteiger partial charge is 0.339 e. The molecule has 0 saturated carbocycles. The predicted octanol–water partition coefficient (Wildman–Crippen LogP) is 2.38. The Morgan fingerprint density at radius 2 is 1.89 bits per heavy atom. The summed E-state index contributed by atoms with van der Waals surface area (Å²) in [6.07, 6.45) is 0.799. The summed E-state index contributed by atoms with van der Waals surface area (Å²) in [5.41, 5.74) is 6.50. The van der Waals surface area contributed by atoms with Gasteiger partial charge in [-0.2, -0.15) is 0 Å². The van der Waals surface area contributed by atoms with Gasteiger partial charge in [0.1, 0.15) is 0 Å². The van der Waals surface area contributed by atoms with E-state index in [2.05, 4.69) is 0 Å². The van der Waals surface area contributed by atoms with Gasteiger partial charge < -0.3 is 10.6 Å². The number of carbonyl (C=O) groups is 1. The number of likely N-dealkylation sites (N-methyl/N-ethyl adjacent to an activating group) is 1. The van der Waals surface area contributed by atoms with E-state index >= 15 is 0 Å². The molecule has 0 aliphatic heterocycles. The molecule has 0 aliphatic rings. The highest BCUT2D eigenvalue weighted by atomic mass is 16.2. The molecule has 0 aromatic heterocycles. The minimum absolute atomic E-state index is 0.0815. The summed E-state index contributed by atoms with van der Waals surface area (Å²) < 4.78 is 0. The Balaban J connectivity index is 2.94. The van der Waals surface area contributed by atoms with Crippen LogP contribution in [0.2, 0.25) is 0 Å². The minimum atomic E-state index is -0.306. The molecule has 2 N–H and O–H groups in total. The van der Waals surface area contributed by atoms with Gasteiger partial charge in [-0.25, -0.2) is 0 Å². The number of benzene rings is 1. The lowest BCUT2D eigenvalue weighted by atomic mass is 9.93. The fraction of sp³-hybridized carbons (Fsp3) is 0.533. The molecule has 1 amide bonds. The Morgan fingerprint density at radius 3 is 2.33 bits per heavy atom. The molecule has 0 aliphatic carbocycles. The second-order valence-electron chi connectivity index (χ2n) is 5.29. The molecule has 3 nitrogen and oxygen atoms in total. The fourth-order valence-corrected chi connectivity index (χ4v) is 1.91. The third-order valence-electron chi connectivity index (χ3n) is 3.65. The van der Waals surface area contributed by atoms with Crippen LogP contribution in [0.25, 0.3) is 0 Å². The van der Waals surface area contributed by atoms with E-state index in [0.717, 1.165) is 12.0 Å². The third-order valence-corrected chi connectivity index (χ3v) is 3.65. The summed E-state index contributed by atoms with van der Waals surface area (Å²) in [4.78, 5) is 14.3. The maximum atomic E-state index is 12.6. The Labute approximate surface area is 110 Å². The van der Waals surface area contributed by atoms with Crippen molar-refractivity contribution in [3.63, 3.8) is 0 Å². The summed E-state index contributed by atoms with van der Waals surface area (Å²) in [5.74, 6) is 0.0566. The number of carbonyl (C=O) groups excluding carboxylic acids is 1. The Hall–Kier alpha value is -1.35. The van der Waals surface area contributed by atoms with Crippen LogP contribution in [-0.2, 0) is 4.79 Å². The number of hydrogen-bond donors (Lipinski definition) is 1. The van der Waals surface area contributed by atoms with Crippen molar-refractivity contribution in [1.82, 2.24) is 4.90 Å². The van der Waals surface area contributed by atoms with Crippen molar-refractivity contribution in [2.24, 2.45) is 5.73 Å². The SMILES string of the molecule is CCC(C(=O)N(C)C(C)(C)CN)c1ccccc1. The molecule has 0 bridgehead atoms. The van der Waals surface area contributed by atoms with Gasteiger partial charge in [0.2, 0.25) is 5.91 Å². The first kappa shape index (κ1) is 14.7. The number of amides is 1. The van der Waals surface area contributed by atoms with Gasteiger partial charge in [0, 0.05) is 19.1 Å². The van der Waals surface area contributed by atoms with Gasteiger partial charge >= 0.3 is 0 Å². The zero-order valence-electron chi connectivity index (χ0n) is 11.8. The highest BCUT2D eigenvalue weighted by Gasteiger charge is 2.30. The lowest BCUT2D eigenvalue weighted by Gasteiger charge is -2.36. The van der Waals surface area contributed by atoms with E-state index in [1.807, 2.05) is 58.2 Å². The van der Waals surface area contributed by atoms with Crippen molar-refractivity contribution in [3.8, 4) is 0 Å². The lowest BCUT2D eigenvalue weighted by Crippen LogP contribution is -2.51. The standard InChI is InChI=1S/C15H24N2O/c1-5-13(12-9-7-6-8-10-12)14(18)17(4)15(2,3)11-16/h6-10,13H,5,11,16H2,1-4H3. The normalized spacial score (nSPS) is 13.2. The average molecular weight is 248 g/mol. The van der Waals surface area contributed by atoms with Crippen LogP contribution in [0, 0.1) is 0 Å². The van der Waals surface area contributed by atoms with E-state index in [0.29, 0.717) is 6.54 Å². The second kappa shape index (κ2) is 6.01. The molecule has 18 heavy (non-hydrogen) atoms. The van der Waals surface area contributed by atoms with E-state index in [-0.39, 0.29) is 17.4 Å². The van der Waals surface area contributed by atoms with Crippen LogP contribution < -0.4 is 5.73 Å². The first-order valence-corrected chi connectivity index (χ1v) is 6.46. The van der Waals surface area contributed by atoms with Crippen LogP contribution in [0.3, 0.4) is 0 Å². The summed E-state index contributed by atoms with van der Waals surface area (Å²) in [5, 5.41) is 0. The van der Waals surface area contributed by atoms with Crippen LogP contribution in [0.15, 0.2) is 30.3 Å². The van der Waals surface area contributed by atoms with Crippen molar-refractivity contribution in [3.05, 3.63) is 35.9 Å². The molecule has 0 heterocycles. The molecular formula is C15H24N2O. The quantitative estimate of drug-likeness (QED) is 0.869. The summed E-state index contributed by atoms with van der Waals surface area (Å²) in [7, 11) is 1.83. The van der Waals surface area contributed by atoms with Gasteiger partial charge in [-0.05, 0) is 25.8 Å². The van der Waals surface area contributed by atoms with Crippen molar-refractivity contribution in [2.45, 2.75) is 38.6 Å². The first-order valence-electron chi connectivity index (χ1n) is 6.46. The molecular weight excluding hydrogens is 224 g/mol. The van der Waals surface area contributed by atoms with E-state index < -0.39 is 0 Å². The number of rotatable bonds is 5. The van der Waals surface area contributed by atoms with Crippen molar-refractivity contribution in [2.75, 3.05) is 13.6 Å². The third kappa shape index (κ3) is 3.10. The van der Waals surface area contributed by atoms with Gasteiger partial charge in [0.25, 0.3) is 0 Å². The van der Waals surface area contributed by atoms with E-state index in [1.165, 1.54) is 0 Å². The molecule has 1 aromatic rings. The van der Waals surface area contributed by atoms with Gasteiger partial charge in [0.15, 0.2) is 0 Å². The number of nitrogens with zero attached hydrogens (tertiary/aromatic N) is 1. The molecule has 0 fully saturated rings. The molecule has 100 valence electrons. The van der Waals surface area contributed by atoms with Crippen LogP contribution in [0.5, 0.6) is 0 Å². The summed E-state index contributed by atoms with van der Waals surface area (Å²) >= 11 is 0. The topological polar surface area (TPSA) is 46.3 Å². The molecule has 0 spiro atoms. The summed E-state index contributed by atoms with van der Waals surface area (Å²) in [6.45, 7) is 6.48. The zero-order chi connectivity index (χ0) is 13.8. The molecule has 0 saturated heterocycles. The van der Waals surface area contributed by atoms with Crippen LogP contribution >= 0.6 is 0 Å². The fourth-order valence-electron chi connectivity index (χ4n) is 1.91. The van der Waals surface area contributed by atoms with E-state index in [4.69, 9.17) is 5.73 Å². The Bertz CT molecular complexity index is 387. The maximum absolute atomic E-state index is 12.6. The zero-order valence-corrected chi connectivity index (χ0v) is 11.8. The van der Waals surface area contributed by atoms with Gasteiger partial charge in [-0.15, -0.1) is 0 Å². The van der Waals surface area contributed by atoms with Crippen molar-refractivity contribution in [1.29, 1.82) is 0 Å². The van der Waals surface area contributed by atoms with E-state index in [1.54, 1.807) is 4.90 Å². The first-order chi connectivity index (χ1) is 8.44. The molecule has 1 unspecified atom stereocenters. The van der Waals surface area contributed by atoms with Crippen molar-refractivity contribution < 1.29 is 4.79 Å². The summed E-state index contributed by atoms with van der Waals surface area (Å²) in [6, 6.07) is 9.93.